The molecule has 1 aliphatic heterocycles. The van der Waals surface area contributed by atoms with Gasteiger partial charge < -0.3 is 13.9 Å². The van der Waals surface area contributed by atoms with Crippen LogP contribution in [0.5, 0.6) is 0 Å². The largest absolute Gasteiger partial charge is 0.469 e. The Morgan fingerprint density at radius 2 is 2.17 bits per heavy atom. The minimum atomic E-state index is -0.694. The molecule has 4 nitrogen and oxygen atoms in total. The van der Waals surface area contributed by atoms with Gasteiger partial charge in [-0.2, -0.15) is 0 Å². The summed E-state index contributed by atoms with van der Waals surface area (Å²) in [6, 6.07) is 2.05. The van der Waals surface area contributed by atoms with E-state index in [0.717, 1.165) is 36.2 Å². The first-order valence-corrected chi connectivity index (χ1v) is 8.02. The van der Waals surface area contributed by atoms with E-state index in [-0.39, 0.29) is 0 Å². The molecule has 1 unspecified atom stereocenters. The highest BCUT2D eigenvalue weighted by atomic mass is 16.7. The summed E-state index contributed by atoms with van der Waals surface area (Å²) in [4.78, 5) is 11.8. The maximum Gasteiger partial charge on any atom is 0.334 e. The van der Waals surface area contributed by atoms with Crippen molar-refractivity contribution in [3.8, 4) is 0 Å². The Kier molecular flexibility index (Phi) is 6.24. The van der Waals surface area contributed by atoms with Crippen LogP contribution in [-0.2, 0) is 20.7 Å². The van der Waals surface area contributed by atoms with Gasteiger partial charge >= 0.3 is 5.97 Å². The minimum Gasteiger partial charge on any atom is -0.469 e. The Morgan fingerprint density at radius 3 is 2.79 bits per heavy atom. The van der Waals surface area contributed by atoms with E-state index in [0.29, 0.717) is 5.57 Å². The van der Waals surface area contributed by atoms with Gasteiger partial charge in [0.05, 0.1) is 12.5 Å². The lowest BCUT2D eigenvalue weighted by molar-refractivity contribution is -0.155. The molecular weight excluding hydrogens is 304 g/mol. The van der Waals surface area contributed by atoms with E-state index in [4.69, 9.17) is 13.9 Å². The lowest BCUT2D eigenvalue weighted by Gasteiger charge is -2.11. The van der Waals surface area contributed by atoms with Gasteiger partial charge in [-0.15, -0.1) is 0 Å². The third-order valence-electron chi connectivity index (χ3n) is 3.64. The van der Waals surface area contributed by atoms with E-state index >= 15 is 0 Å². The van der Waals surface area contributed by atoms with Crippen LogP contribution in [0.15, 0.2) is 64.5 Å². The fourth-order valence-electron chi connectivity index (χ4n) is 2.36. The predicted octanol–water partition coefficient (Wildman–Crippen LogP) is 4.77. The van der Waals surface area contributed by atoms with Crippen molar-refractivity contribution in [2.45, 2.75) is 46.3 Å². The van der Waals surface area contributed by atoms with Crippen molar-refractivity contribution in [2.24, 2.45) is 0 Å². The molecule has 0 N–H and O–H groups in total. The number of allylic oxidation sites excluding steroid dienone is 3. The second-order valence-corrected chi connectivity index (χ2v) is 6.13. The van der Waals surface area contributed by atoms with Gasteiger partial charge in [0.15, 0.2) is 0 Å². The molecule has 0 radical (unpaired) electrons. The predicted molar refractivity (Wildman–Crippen MR) is 93.1 cm³/mol. The molecule has 24 heavy (non-hydrogen) atoms. The van der Waals surface area contributed by atoms with Gasteiger partial charge in [0, 0.05) is 18.1 Å². The summed E-state index contributed by atoms with van der Waals surface area (Å²) < 4.78 is 15.7. The Labute approximate surface area is 143 Å². The van der Waals surface area contributed by atoms with Crippen LogP contribution in [0.3, 0.4) is 0 Å². The number of carbonyl (C=O) groups excluding carboxylic acids is 1. The summed E-state index contributed by atoms with van der Waals surface area (Å²) >= 11 is 0. The first-order valence-electron chi connectivity index (χ1n) is 8.02. The van der Waals surface area contributed by atoms with Gasteiger partial charge in [-0.3, -0.25) is 0 Å². The number of ether oxygens (including phenoxy) is 2. The van der Waals surface area contributed by atoms with Crippen molar-refractivity contribution in [1.29, 1.82) is 0 Å². The van der Waals surface area contributed by atoms with Crippen LogP contribution in [0, 0.1) is 6.92 Å². The van der Waals surface area contributed by atoms with E-state index < -0.39 is 12.3 Å². The second-order valence-electron chi connectivity index (χ2n) is 6.13. The summed E-state index contributed by atoms with van der Waals surface area (Å²) in [7, 11) is 0. The van der Waals surface area contributed by atoms with Crippen molar-refractivity contribution < 1.29 is 18.7 Å². The fraction of sp³-hybridized carbons (Fsp3) is 0.350. The topological polar surface area (TPSA) is 48.7 Å². The summed E-state index contributed by atoms with van der Waals surface area (Å²) in [5.74, 6) is 0.566. The molecule has 1 aliphatic rings. The van der Waals surface area contributed by atoms with Crippen LogP contribution in [0.4, 0.5) is 0 Å². The molecule has 1 atom stereocenters. The average Bonchev–Trinajstić information content (AvgIpc) is 3.08. The van der Waals surface area contributed by atoms with E-state index in [1.165, 1.54) is 17.9 Å². The lowest BCUT2D eigenvalue weighted by atomic mass is 10.1. The number of hydrogen-bond donors (Lipinski definition) is 0. The molecule has 0 amide bonds. The Balaban J connectivity index is 1.74. The molecule has 0 spiro atoms. The van der Waals surface area contributed by atoms with Crippen molar-refractivity contribution in [1.82, 2.24) is 0 Å². The van der Waals surface area contributed by atoms with Crippen molar-refractivity contribution in [2.75, 3.05) is 0 Å². The lowest BCUT2D eigenvalue weighted by Crippen LogP contribution is -2.16. The molecule has 2 heterocycles. The van der Waals surface area contributed by atoms with E-state index in [1.807, 2.05) is 19.9 Å². The minimum absolute atomic E-state index is 0.408. The van der Waals surface area contributed by atoms with Crippen molar-refractivity contribution >= 4 is 5.97 Å². The highest BCUT2D eigenvalue weighted by Crippen LogP contribution is 2.17. The summed E-state index contributed by atoms with van der Waals surface area (Å²) in [6.45, 7) is 9.77. The molecular formula is C20H24O4. The SMILES string of the molecule is C=C1C=COC1OC(=O)/C=C(\C)CC/C=C(\C)Cc1cc(C)co1. The van der Waals surface area contributed by atoms with Crippen molar-refractivity contribution in [3.05, 3.63) is 71.4 Å². The van der Waals surface area contributed by atoms with E-state index in [1.54, 1.807) is 12.3 Å². The third-order valence-corrected chi connectivity index (χ3v) is 3.64. The molecule has 0 saturated heterocycles. The number of esters is 1. The highest BCUT2D eigenvalue weighted by Gasteiger charge is 2.19. The zero-order valence-corrected chi connectivity index (χ0v) is 14.5. The molecule has 0 bridgehead atoms. The summed E-state index contributed by atoms with van der Waals surface area (Å²) in [5.41, 5.74) is 4.00. The number of carbonyl (C=O) groups is 1. The fourth-order valence-corrected chi connectivity index (χ4v) is 2.36. The first-order chi connectivity index (χ1) is 11.4. The number of rotatable bonds is 7. The van der Waals surface area contributed by atoms with Crippen LogP contribution < -0.4 is 0 Å². The molecule has 0 fully saturated rings. The van der Waals surface area contributed by atoms with Crippen LogP contribution in [-0.4, -0.2) is 12.3 Å². The summed E-state index contributed by atoms with van der Waals surface area (Å²) in [6.07, 6.45) is 10.4. The molecule has 128 valence electrons. The molecule has 0 saturated carbocycles. The van der Waals surface area contributed by atoms with Crippen LogP contribution in [0.2, 0.25) is 0 Å². The molecule has 0 aromatic carbocycles. The van der Waals surface area contributed by atoms with Crippen LogP contribution in [0.25, 0.3) is 0 Å². The van der Waals surface area contributed by atoms with Crippen LogP contribution >= 0.6 is 0 Å². The van der Waals surface area contributed by atoms with Gasteiger partial charge in [0.1, 0.15) is 5.76 Å². The zero-order valence-electron chi connectivity index (χ0n) is 14.5. The first kappa shape index (κ1) is 17.9. The maximum atomic E-state index is 11.8. The second kappa shape index (κ2) is 8.39. The average molecular weight is 328 g/mol. The molecule has 0 aliphatic carbocycles. The van der Waals surface area contributed by atoms with Gasteiger partial charge in [0.2, 0.25) is 0 Å². The Hall–Kier alpha value is -2.49. The number of hydrogen-bond acceptors (Lipinski definition) is 4. The molecule has 2 rings (SSSR count). The maximum absolute atomic E-state index is 11.8. The van der Waals surface area contributed by atoms with Gasteiger partial charge in [-0.05, 0) is 51.3 Å². The van der Waals surface area contributed by atoms with E-state index in [9.17, 15) is 4.79 Å². The zero-order chi connectivity index (χ0) is 17.5. The van der Waals surface area contributed by atoms with E-state index in [2.05, 4.69) is 19.6 Å². The summed E-state index contributed by atoms with van der Waals surface area (Å²) in [5, 5.41) is 0. The molecule has 1 aromatic heterocycles. The molecule has 4 heteroatoms. The number of furan rings is 1. The van der Waals surface area contributed by atoms with Crippen LogP contribution in [0.1, 0.15) is 38.0 Å². The molecule has 1 aromatic rings. The van der Waals surface area contributed by atoms with Gasteiger partial charge in [-0.25, -0.2) is 4.79 Å². The third kappa shape index (κ3) is 5.61. The van der Waals surface area contributed by atoms with Gasteiger partial charge in [0.25, 0.3) is 6.29 Å². The van der Waals surface area contributed by atoms with Gasteiger partial charge in [-0.1, -0.05) is 23.8 Å². The standard InChI is InChI=1S/C20H24O4/c1-14(10-18-11-16(3)13-23-18)6-5-7-15(2)12-19(21)24-20-17(4)8-9-22-20/h6,8-9,11-13,20H,4-5,7,10H2,1-3H3/b14-6+,15-12+. The normalized spacial score (nSPS) is 18.0. The smallest absolute Gasteiger partial charge is 0.334 e. The monoisotopic (exact) mass is 328 g/mol. The quantitative estimate of drug-likeness (QED) is 0.411. The highest BCUT2D eigenvalue weighted by molar-refractivity contribution is 5.83. The number of aryl methyl sites for hydroxylation is 1. The Bertz CT molecular complexity index is 688. The van der Waals surface area contributed by atoms with Crippen molar-refractivity contribution in [3.63, 3.8) is 0 Å². The Morgan fingerprint density at radius 1 is 1.38 bits per heavy atom.